The minimum atomic E-state index is -0.433. The van der Waals surface area contributed by atoms with Gasteiger partial charge in [0.05, 0.1) is 13.7 Å². The number of rotatable bonds is 8. The maximum Gasteiger partial charge on any atom is 0.373 e. The Morgan fingerprint density at radius 1 is 1.44 bits per heavy atom. The third-order valence-corrected chi connectivity index (χ3v) is 2.91. The lowest BCUT2D eigenvalue weighted by Gasteiger charge is -2.12. The molecule has 1 unspecified atom stereocenters. The Labute approximate surface area is 109 Å². The van der Waals surface area contributed by atoms with Crippen molar-refractivity contribution in [1.29, 1.82) is 0 Å². The first-order valence-corrected chi connectivity index (χ1v) is 6.57. The number of hydrogen-bond donors (Lipinski definition) is 1. The second-order valence-electron chi connectivity index (χ2n) is 4.54. The van der Waals surface area contributed by atoms with Gasteiger partial charge in [-0.05, 0) is 25.5 Å². The highest BCUT2D eigenvalue weighted by Crippen LogP contribution is 2.10. The predicted molar refractivity (Wildman–Crippen MR) is 70.5 cm³/mol. The lowest BCUT2D eigenvalue weighted by atomic mass is 10.1. The van der Waals surface area contributed by atoms with Gasteiger partial charge >= 0.3 is 5.97 Å². The van der Waals surface area contributed by atoms with Crippen LogP contribution in [0.5, 0.6) is 0 Å². The molecule has 0 amide bonds. The maximum absolute atomic E-state index is 11.2. The van der Waals surface area contributed by atoms with Crippen molar-refractivity contribution in [1.82, 2.24) is 5.32 Å². The van der Waals surface area contributed by atoms with E-state index in [1.165, 1.54) is 32.8 Å². The second-order valence-corrected chi connectivity index (χ2v) is 4.54. The molecule has 0 aromatic carbocycles. The summed E-state index contributed by atoms with van der Waals surface area (Å²) in [5, 5.41) is 3.38. The summed E-state index contributed by atoms with van der Waals surface area (Å²) in [4.78, 5) is 11.2. The van der Waals surface area contributed by atoms with E-state index in [1.54, 1.807) is 12.1 Å². The molecule has 1 N–H and O–H groups in total. The molecular formula is C14H23NO3. The first-order valence-electron chi connectivity index (χ1n) is 6.57. The Morgan fingerprint density at radius 3 is 2.89 bits per heavy atom. The normalized spacial score (nSPS) is 12.4. The first kappa shape index (κ1) is 14.8. The predicted octanol–water partition coefficient (Wildman–Crippen LogP) is 3.12. The molecule has 4 nitrogen and oxygen atoms in total. The van der Waals surface area contributed by atoms with Crippen molar-refractivity contribution < 1.29 is 13.9 Å². The van der Waals surface area contributed by atoms with E-state index in [0.717, 1.165) is 5.76 Å². The van der Waals surface area contributed by atoms with Crippen molar-refractivity contribution in [2.24, 2.45) is 0 Å². The fraction of sp³-hybridized carbons (Fsp3) is 0.643. The highest BCUT2D eigenvalue weighted by atomic mass is 16.5. The monoisotopic (exact) mass is 253 g/mol. The number of furan rings is 1. The van der Waals surface area contributed by atoms with E-state index in [2.05, 4.69) is 23.9 Å². The zero-order valence-corrected chi connectivity index (χ0v) is 11.5. The third kappa shape index (κ3) is 4.92. The second kappa shape index (κ2) is 7.93. The lowest BCUT2D eigenvalue weighted by Crippen LogP contribution is -2.25. The molecule has 0 bridgehead atoms. The van der Waals surface area contributed by atoms with Crippen molar-refractivity contribution in [3.8, 4) is 0 Å². The highest BCUT2D eigenvalue weighted by Gasteiger charge is 2.11. The molecule has 0 aliphatic rings. The average molecular weight is 253 g/mol. The molecule has 1 atom stereocenters. The fourth-order valence-electron chi connectivity index (χ4n) is 1.76. The van der Waals surface area contributed by atoms with Crippen molar-refractivity contribution >= 4 is 5.97 Å². The topological polar surface area (TPSA) is 51.5 Å². The lowest BCUT2D eigenvalue weighted by molar-refractivity contribution is 0.0563. The summed E-state index contributed by atoms with van der Waals surface area (Å²) >= 11 is 0. The molecule has 0 aliphatic carbocycles. The van der Waals surface area contributed by atoms with Gasteiger partial charge in [-0.25, -0.2) is 4.79 Å². The molecule has 102 valence electrons. The molecule has 4 heteroatoms. The van der Waals surface area contributed by atoms with Crippen molar-refractivity contribution in [2.75, 3.05) is 7.11 Å². The molecule has 1 aromatic heterocycles. The summed E-state index contributed by atoms with van der Waals surface area (Å²) < 4.78 is 9.96. The zero-order chi connectivity index (χ0) is 13.4. The minimum Gasteiger partial charge on any atom is -0.463 e. The van der Waals surface area contributed by atoms with Gasteiger partial charge in [0.25, 0.3) is 0 Å². The third-order valence-electron chi connectivity index (χ3n) is 2.91. The van der Waals surface area contributed by atoms with Gasteiger partial charge in [0.15, 0.2) is 0 Å². The summed E-state index contributed by atoms with van der Waals surface area (Å²) in [6, 6.07) is 3.91. The van der Waals surface area contributed by atoms with Crippen LogP contribution in [-0.4, -0.2) is 19.1 Å². The molecule has 0 aliphatic heterocycles. The summed E-state index contributed by atoms with van der Waals surface area (Å²) in [6.45, 7) is 5.01. The van der Waals surface area contributed by atoms with Gasteiger partial charge in [-0.3, -0.25) is 0 Å². The molecular weight excluding hydrogens is 230 g/mol. The van der Waals surface area contributed by atoms with E-state index in [4.69, 9.17) is 4.42 Å². The number of unbranched alkanes of at least 4 members (excludes halogenated alkanes) is 2. The van der Waals surface area contributed by atoms with Gasteiger partial charge in [0, 0.05) is 6.04 Å². The molecule has 1 aromatic rings. The van der Waals surface area contributed by atoms with Crippen LogP contribution < -0.4 is 5.32 Å². The molecule has 0 saturated carbocycles. The van der Waals surface area contributed by atoms with Crippen LogP contribution in [0.15, 0.2) is 16.5 Å². The van der Waals surface area contributed by atoms with Crippen LogP contribution in [0.1, 0.15) is 55.8 Å². The van der Waals surface area contributed by atoms with Crippen molar-refractivity contribution in [3.63, 3.8) is 0 Å². The highest BCUT2D eigenvalue weighted by molar-refractivity contribution is 5.86. The number of hydrogen-bond acceptors (Lipinski definition) is 4. The standard InChI is InChI=1S/C14H23NO3/c1-4-5-6-7-11(2)15-10-12-8-9-13(18-12)14(16)17-3/h8-9,11,15H,4-7,10H2,1-3H3. The summed E-state index contributed by atoms with van der Waals surface area (Å²) in [5.41, 5.74) is 0. The molecule has 0 saturated heterocycles. The smallest absolute Gasteiger partial charge is 0.373 e. The number of carbonyl (C=O) groups excluding carboxylic acids is 1. The fourth-order valence-corrected chi connectivity index (χ4v) is 1.76. The largest absolute Gasteiger partial charge is 0.463 e. The Morgan fingerprint density at radius 2 is 2.22 bits per heavy atom. The molecule has 18 heavy (non-hydrogen) atoms. The van der Waals surface area contributed by atoms with Gasteiger partial charge in [-0.15, -0.1) is 0 Å². The maximum atomic E-state index is 11.2. The van der Waals surface area contributed by atoms with Gasteiger partial charge < -0.3 is 14.5 Å². The quantitative estimate of drug-likeness (QED) is 0.571. The molecule has 0 spiro atoms. The van der Waals surface area contributed by atoms with Crippen LogP contribution in [0, 0.1) is 0 Å². The number of nitrogens with one attached hydrogen (secondary N) is 1. The summed E-state index contributed by atoms with van der Waals surface area (Å²) in [6.07, 6.45) is 4.93. The molecule has 1 rings (SSSR count). The van der Waals surface area contributed by atoms with E-state index >= 15 is 0 Å². The van der Waals surface area contributed by atoms with Crippen molar-refractivity contribution in [3.05, 3.63) is 23.7 Å². The van der Waals surface area contributed by atoms with Gasteiger partial charge in [-0.2, -0.15) is 0 Å². The van der Waals surface area contributed by atoms with Crippen LogP contribution >= 0.6 is 0 Å². The van der Waals surface area contributed by atoms with Gasteiger partial charge in [0.2, 0.25) is 5.76 Å². The number of methoxy groups -OCH3 is 1. The SMILES string of the molecule is CCCCCC(C)NCc1ccc(C(=O)OC)o1. The number of carbonyl (C=O) groups is 1. The van der Waals surface area contributed by atoms with Crippen molar-refractivity contribution in [2.45, 2.75) is 52.1 Å². The average Bonchev–Trinajstić information content (AvgIpc) is 2.84. The molecule has 0 radical (unpaired) electrons. The van der Waals surface area contributed by atoms with Crippen LogP contribution in [0.25, 0.3) is 0 Å². The van der Waals surface area contributed by atoms with Gasteiger partial charge in [0.1, 0.15) is 5.76 Å². The zero-order valence-electron chi connectivity index (χ0n) is 11.5. The Bertz CT molecular complexity index is 360. The van der Waals surface area contributed by atoms with E-state index in [0.29, 0.717) is 12.6 Å². The Kier molecular flexibility index (Phi) is 6.50. The Balaban J connectivity index is 2.30. The number of ether oxygens (including phenoxy) is 1. The number of esters is 1. The van der Waals surface area contributed by atoms with Crippen LogP contribution in [0.3, 0.4) is 0 Å². The Hall–Kier alpha value is -1.29. The van der Waals surface area contributed by atoms with Gasteiger partial charge in [-0.1, -0.05) is 26.2 Å². The van der Waals surface area contributed by atoms with Crippen LogP contribution in [-0.2, 0) is 11.3 Å². The van der Waals surface area contributed by atoms with Crippen LogP contribution in [0.4, 0.5) is 0 Å². The minimum absolute atomic E-state index is 0.257. The summed E-state index contributed by atoms with van der Waals surface area (Å²) in [7, 11) is 1.35. The van der Waals surface area contributed by atoms with Crippen LogP contribution in [0.2, 0.25) is 0 Å². The first-order chi connectivity index (χ1) is 8.67. The van der Waals surface area contributed by atoms with E-state index in [1.807, 2.05) is 0 Å². The summed E-state index contributed by atoms with van der Waals surface area (Å²) in [5.74, 6) is 0.586. The molecule has 1 heterocycles. The van der Waals surface area contributed by atoms with E-state index < -0.39 is 5.97 Å². The van der Waals surface area contributed by atoms with E-state index in [-0.39, 0.29) is 5.76 Å². The molecule has 0 fully saturated rings. The van der Waals surface area contributed by atoms with E-state index in [9.17, 15) is 4.79 Å².